The van der Waals surface area contributed by atoms with E-state index in [-0.39, 0.29) is 29.9 Å². The smallest absolute Gasteiger partial charge is 0.317 e. The fraction of sp³-hybridized carbons (Fsp3) is 0.520. The van der Waals surface area contributed by atoms with Crippen LogP contribution in [0.4, 0.5) is 5.69 Å². The summed E-state index contributed by atoms with van der Waals surface area (Å²) < 4.78 is 9.41. The highest BCUT2D eigenvalue weighted by molar-refractivity contribution is 5.99. The fourth-order valence-electron chi connectivity index (χ4n) is 5.75. The Morgan fingerprint density at radius 2 is 1.21 bits per heavy atom. The molecule has 0 aromatic heterocycles. The first-order valence-corrected chi connectivity index (χ1v) is 11.7. The second kappa shape index (κ2) is 8.77. The molecule has 9 heteroatoms. The number of cyclic esters (lactones) is 4. The first kappa shape index (κ1) is 22.4. The number of benzene rings is 1. The standard InChI is InChI=1S/C25H25NO8/c27-20(13-3-7-16-18(10-13)24(31)33-22(16)29)9-12-1-5-15(6-2-12)26-21(28)14-4-8-17-19(11-14)25(32)34-23(17)30/h1-2,5-6,13-14,16-19H,3-4,7-11H2,(H,26,28). The van der Waals surface area contributed by atoms with Crippen molar-refractivity contribution in [2.45, 2.75) is 44.9 Å². The topological polar surface area (TPSA) is 133 Å². The minimum atomic E-state index is -0.537. The van der Waals surface area contributed by atoms with Crippen molar-refractivity contribution < 1.29 is 38.2 Å². The normalized spacial score (nSPS) is 32.5. The quantitative estimate of drug-likeness (QED) is 0.513. The van der Waals surface area contributed by atoms with Gasteiger partial charge >= 0.3 is 23.9 Å². The van der Waals surface area contributed by atoms with Crippen molar-refractivity contribution in [2.24, 2.45) is 35.5 Å². The number of anilines is 1. The highest BCUT2D eigenvalue weighted by Crippen LogP contribution is 2.41. The van der Waals surface area contributed by atoms with Gasteiger partial charge in [-0.05, 0) is 56.2 Å². The van der Waals surface area contributed by atoms with Gasteiger partial charge in [0.05, 0.1) is 23.7 Å². The summed E-state index contributed by atoms with van der Waals surface area (Å²) in [7, 11) is 0. The van der Waals surface area contributed by atoms with Gasteiger partial charge in [-0.3, -0.25) is 28.8 Å². The van der Waals surface area contributed by atoms with Crippen LogP contribution in [-0.2, 0) is 44.7 Å². The molecule has 1 amide bonds. The number of hydrogen-bond donors (Lipinski definition) is 1. The van der Waals surface area contributed by atoms with Crippen molar-refractivity contribution in [3.8, 4) is 0 Å². The number of carbonyl (C=O) groups excluding carboxylic acids is 6. The average Bonchev–Trinajstić information content (AvgIpc) is 3.28. The first-order chi connectivity index (χ1) is 16.3. The summed E-state index contributed by atoms with van der Waals surface area (Å²) in [5.41, 5.74) is 1.38. The van der Waals surface area contributed by atoms with Crippen LogP contribution in [0.2, 0.25) is 0 Å². The Morgan fingerprint density at radius 1 is 0.706 bits per heavy atom. The number of ether oxygens (including phenoxy) is 2. The fourth-order valence-corrected chi connectivity index (χ4v) is 5.75. The summed E-state index contributed by atoms with van der Waals surface area (Å²) >= 11 is 0. The Labute approximate surface area is 195 Å². The number of carbonyl (C=O) groups is 6. The van der Waals surface area contributed by atoms with E-state index in [1.54, 1.807) is 24.3 Å². The maximum absolute atomic E-state index is 12.8. The zero-order valence-corrected chi connectivity index (χ0v) is 18.5. The molecular weight excluding hydrogens is 442 g/mol. The van der Waals surface area contributed by atoms with Crippen molar-refractivity contribution in [1.82, 2.24) is 0 Å². The van der Waals surface area contributed by atoms with Crippen molar-refractivity contribution in [3.05, 3.63) is 29.8 Å². The number of rotatable bonds is 5. The Morgan fingerprint density at radius 3 is 1.79 bits per heavy atom. The number of Topliss-reactive ketones (excluding diaryl/α,β-unsaturated/α-hetero) is 1. The summed E-state index contributed by atoms with van der Waals surface area (Å²) in [6, 6.07) is 7.00. The van der Waals surface area contributed by atoms with Gasteiger partial charge < -0.3 is 14.8 Å². The van der Waals surface area contributed by atoms with Gasteiger partial charge in [-0.15, -0.1) is 0 Å². The lowest BCUT2D eigenvalue weighted by molar-refractivity contribution is -0.155. The van der Waals surface area contributed by atoms with Crippen molar-refractivity contribution >= 4 is 41.3 Å². The van der Waals surface area contributed by atoms with Crippen LogP contribution < -0.4 is 5.32 Å². The van der Waals surface area contributed by atoms with E-state index in [0.29, 0.717) is 44.2 Å². The molecule has 1 aromatic rings. The van der Waals surface area contributed by atoms with Crippen LogP contribution in [0.15, 0.2) is 24.3 Å². The summed E-state index contributed by atoms with van der Waals surface area (Å²) in [5, 5.41) is 2.85. The molecule has 2 heterocycles. The molecule has 0 bridgehead atoms. The molecule has 2 aliphatic carbocycles. The molecule has 2 saturated heterocycles. The van der Waals surface area contributed by atoms with Gasteiger partial charge in [0.1, 0.15) is 5.78 Å². The molecule has 2 aliphatic heterocycles. The number of hydrogen-bond acceptors (Lipinski definition) is 8. The molecule has 1 aromatic carbocycles. The van der Waals surface area contributed by atoms with Gasteiger partial charge in [0.2, 0.25) is 5.91 Å². The molecule has 5 rings (SSSR count). The molecule has 2 saturated carbocycles. The van der Waals surface area contributed by atoms with Gasteiger partial charge in [-0.2, -0.15) is 0 Å². The van der Waals surface area contributed by atoms with E-state index >= 15 is 0 Å². The van der Waals surface area contributed by atoms with Crippen LogP contribution in [0.1, 0.15) is 44.1 Å². The third-order valence-corrected chi connectivity index (χ3v) is 7.74. The summed E-state index contributed by atoms with van der Waals surface area (Å²) in [4.78, 5) is 72.5. The van der Waals surface area contributed by atoms with E-state index in [2.05, 4.69) is 5.32 Å². The van der Waals surface area contributed by atoms with Crippen LogP contribution in [0.5, 0.6) is 0 Å². The number of amides is 1. The zero-order valence-electron chi connectivity index (χ0n) is 18.5. The monoisotopic (exact) mass is 467 g/mol. The predicted octanol–water partition coefficient (Wildman–Crippen LogP) is 1.97. The molecule has 9 nitrogen and oxygen atoms in total. The highest BCUT2D eigenvalue weighted by atomic mass is 16.6. The van der Waals surface area contributed by atoms with Crippen LogP contribution in [-0.4, -0.2) is 35.6 Å². The van der Waals surface area contributed by atoms with E-state index in [4.69, 9.17) is 9.47 Å². The second-order valence-corrected chi connectivity index (χ2v) is 9.76. The predicted molar refractivity (Wildman–Crippen MR) is 115 cm³/mol. The maximum atomic E-state index is 12.8. The molecule has 6 atom stereocenters. The molecule has 4 aliphatic rings. The SMILES string of the molecule is O=C(Cc1ccc(NC(=O)C2CCC3C(=O)OC(=O)C3C2)cc1)C1CCC2C(=O)OC(=O)C2C1. The Kier molecular flexibility index (Phi) is 5.79. The van der Waals surface area contributed by atoms with Crippen LogP contribution in [0.3, 0.4) is 0 Å². The largest absolute Gasteiger partial charge is 0.393 e. The van der Waals surface area contributed by atoms with E-state index < -0.39 is 47.5 Å². The first-order valence-electron chi connectivity index (χ1n) is 11.7. The number of fused-ring (bicyclic) bond motifs is 2. The van der Waals surface area contributed by atoms with E-state index in [9.17, 15) is 28.8 Å². The molecule has 0 radical (unpaired) electrons. The lowest BCUT2D eigenvalue weighted by atomic mass is 9.73. The molecule has 178 valence electrons. The Hall–Kier alpha value is -3.36. The lowest BCUT2D eigenvalue weighted by Crippen LogP contribution is -2.33. The molecular formula is C25H25NO8. The van der Waals surface area contributed by atoms with E-state index in [1.807, 2.05) is 0 Å². The van der Waals surface area contributed by atoms with Gasteiger partial charge in [0.25, 0.3) is 0 Å². The third-order valence-electron chi connectivity index (χ3n) is 7.74. The number of nitrogens with one attached hydrogen (secondary N) is 1. The lowest BCUT2D eigenvalue weighted by Gasteiger charge is -2.27. The Balaban J connectivity index is 1.14. The molecule has 6 unspecified atom stereocenters. The minimum absolute atomic E-state index is 0.0251. The van der Waals surface area contributed by atoms with Crippen molar-refractivity contribution in [2.75, 3.05) is 5.32 Å². The van der Waals surface area contributed by atoms with Crippen LogP contribution in [0.25, 0.3) is 0 Å². The summed E-state index contributed by atoms with van der Waals surface area (Å²) in [6.45, 7) is 0. The zero-order chi connectivity index (χ0) is 24.0. The van der Waals surface area contributed by atoms with Gasteiger partial charge in [0, 0.05) is 23.9 Å². The highest BCUT2D eigenvalue weighted by Gasteiger charge is 2.49. The van der Waals surface area contributed by atoms with Gasteiger partial charge in [0.15, 0.2) is 0 Å². The molecule has 0 spiro atoms. The third kappa shape index (κ3) is 4.15. The van der Waals surface area contributed by atoms with Crippen molar-refractivity contribution in [3.63, 3.8) is 0 Å². The van der Waals surface area contributed by atoms with Gasteiger partial charge in [-0.1, -0.05) is 12.1 Å². The maximum Gasteiger partial charge on any atom is 0.317 e. The molecule has 4 fully saturated rings. The van der Waals surface area contributed by atoms with Crippen molar-refractivity contribution in [1.29, 1.82) is 0 Å². The average molecular weight is 467 g/mol. The number of ketones is 1. The molecule has 34 heavy (non-hydrogen) atoms. The Bertz CT molecular complexity index is 992. The van der Waals surface area contributed by atoms with Crippen LogP contribution >= 0.6 is 0 Å². The summed E-state index contributed by atoms with van der Waals surface area (Å²) in [6.07, 6.45) is 2.90. The second-order valence-electron chi connectivity index (χ2n) is 9.76. The summed E-state index contributed by atoms with van der Waals surface area (Å²) in [5.74, 6) is -4.71. The van der Waals surface area contributed by atoms with E-state index in [1.165, 1.54) is 0 Å². The van der Waals surface area contributed by atoms with Crippen LogP contribution in [0, 0.1) is 35.5 Å². The minimum Gasteiger partial charge on any atom is -0.393 e. The molecule has 1 N–H and O–H groups in total. The van der Waals surface area contributed by atoms with E-state index in [0.717, 1.165) is 5.56 Å². The van der Waals surface area contributed by atoms with Gasteiger partial charge in [-0.25, -0.2) is 0 Å². The number of esters is 4.